The number of nitrogens with two attached hydrogens (primary N) is 1. The maximum Gasteiger partial charge on any atom is 0.219 e. The molecular formula is C23H31ClN2O. The van der Waals surface area contributed by atoms with Gasteiger partial charge in [0.2, 0.25) is 5.91 Å². The maximum absolute atomic E-state index is 11.3. The molecule has 0 heterocycles. The lowest BCUT2D eigenvalue weighted by molar-refractivity contribution is -0.121. The number of fused-ring (bicyclic) bond motifs is 2. The summed E-state index contributed by atoms with van der Waals surface area (Å²) in [5.74, 6) is 0.166. The second kappa shape index (κ2) is 10.5. The molecule has 4 rings (SSSR count). The van der Waals surface area contributed by atoms with Gasteiger partial charge >= 0.3 is 0 Å². The Hall–Kier alpha value is -1.84. The highest BCUT2D eigenvalue weighted by Gasteiger charge is 2.18. The van der Waals surface area contributed by atoms with Gasteiger partial charge in [-0.05, 0) is 60.8 Å². The van der Waals surface area contributed by atoms with E-state index in [0.717, 1.165) is 38.5 Å². The molecule has 2 aromatic rings. The van der Waals surface area contributed by atoms with Crippen LogP contribution in [0.1, 0.15) is 48.4 Å². The highest BCUT2D eigenvalue weighted by Crippen LogP contribution is 2.21. The van der Waals surface area contributed by atoms with E-state index in [4.69, 9.17) is 5.73 Å². The second-order valence-electron chi connectivity index (χ2n) is 7.40. The number of amides is 1. The SMILES string of the molecule is CCC(=O)N[C@@H]1CCc2ccccc2C1.Cl.N[C@@H]1CCc2ccccc2C1. The number of rotatable bonds is 2. The third-order valence-corrected chi connectivity index (χ3v) is 5.42. The molecule has 2 aliphatic rings. The van der Waals surface area contributed by atoms with E-state index in [2.05, 4.69) is 53.8 Å². The zero-order valence-corrected chi connectivity index (χ0v) is 16.9. The van der Waals surface area contributed by atoms with Crippen LogP contribution in [0.2, 0.25) is 0 Å². The summed E-state index contributed by atoms with van der Waals surface area (Å²) in [4.78, 5) is 11.3. The molecule has 0 unspecified atom stereocenters. The third-order valence-electron chi connectivity index (χ3n) is 5.42. The zero-order chi connectivity index (χ0) is 18.4. The van der Waals surface area contributed by atoms with Crippen molar-refractivity contribution in [1.29, 1.82) is 0 Å². The molecule has 0 spiro atoms. The van der Waals surface area contributed by atoms with Crippen LogP contribution in [0.5, 0.6) is 0 Å². The molecule has 0 bridgehead atoms. The summed E-state index contributed by atoms with van der Waals surface area (Å²) < 4.78 is 0. The van der Waals surface area contributed by atoms with Gasteiger partial charge in [-0.25, -0.2) is 0 Å². The number of aryl methyl sites for hydroxylation is 2. The van der Waals surface area contributed by atoms with Crippen LogP contribution in [0.25, 0.3) is 0 Å². The Balaban J connectivity index is 0.000000194. The van der Waals surface area contributed by atoms with E-state index in [9.17, 15) is 4.79 Å². The van der Waals surface area contributed by atoms with Crippen molar-refractivity contribution in [2.45, 2.75) is 64.0 Å². The molecule has 27 heavy (non-hydrogen) atoms. The Kier molecular flexibility index (Phi) is 8.33. The van der Waals surface area contributed by atoms with Crippen molar-refractivity contribution in [3.05, 3.63) is 70.8 Å². The first-order chi connectivity index (χ1) is 12.7. The van der Waals surface area contributed by atoms with Crippen molar-refractivity contribution in [2.24, 2.45) is 5.73 Å². The standard InChI is InChI=1S/C13H17NO.C10H13N.ClH/c1-2-13(15)14-12-8-7-10-5-3-4-6-11(10)9-12;11-10-6-5-8-3-1-2-4-9(8)7-10;/h3-6,12H,2,7-9H2,1H3,(H,14,15);1-4,10H,5-7,11H2;1H/t12-;10-;/m11./s1. The highest BCUT2D eigenvalue weighted by molar-refractivity contribution is 5.85. The predicted molar refractivity (Wildman–Crippen MR) is 114 cm³/mol. The lowest BCUT2D eigenvalue weighted by Gasteiger charge is -2.25. The van der Waals surface area contributed by atoms with Gasteiger partial charge in [-0.15, -0.1) is 12.4 Å². The molecule has 0 aromatic heterocycles. The molecule has 2 atom stereocenters. The highest BCUT2D eigenvalue weighted by atomic mass is 35.5. The summed E-state index contributed by atoms with van der Waals surface area (Å²) in [5.41, 5.74) is 11.6. The number of halogens is 1. The van der Waals surface area contributed by atoms with Crippen LogP contribution in [0, 0.1) is 0 Å². The van der Waals surface area contributed by atoms with Gasteiger partial charge in [-0.1, -0.05) is 55.5 Å². The topological polar surface area (TPSA) is 55.1 Å². The van der Waals surface area contributed by atoms with Crippen LogP contribution in [-0.4, -0.2) is 18.0 Å². The van der Waals surface area contributed by atoms with Crippen LogP contribution < -0.4 is 11.1 Å². The fourth-order valence-corrected chi connectivity index (χ4v) is 3.88. The van der Waals surface area contributed by atoms with Crippen molar-refractivity contribution >= 4 is 18.3 Å². The van der Waals surface area contributed by atoms with Crippen molar-refractivity contribution < 1.29 is 4.79 Å². The Morgan fingerprint density at radius 2 is 1.44 bits per heavy atom. The smallest absolute Gasteiger partial charge is 0.219 e. The van der Waals surface area contributed by atoms with E-state index in [1.165, 1.54) is 22.3 Å². The summed E-state index contributed by atoms with van der Waals surface area (Å²) in [6.07, 6.45) is 7.11. The molecule has 3 N–H and O–H groups in total. The molecule has 3 nitrogen and oxygen atoms in total. The van der Waals surface area contributed by atoms with Gasteiger partial charge in [-0.3, -0.25) is 4.79 Å². The van der Waals surface area contributed by atoms with Gasteiger partial charge in [0.1, 0.15) is 0 Å². The Labute approximate surface area is 169 Å². The Morgan fingerprint density at radius 1 is 0.926 bits per heavy atom. The van der Waals surface area contributed by atoms with Gasteiger partial charge in [0.05, 0.1) is 0 Å². The zero-order valence-electron chi connectivity index (χ0n) is 16.1. The quantitative estimate of drug-likeness (QED) is 0.819. The summed E-state index contributed by atoms with van der Waals surface area (Å²) in [6, 6.07) is 17.8. The first kappa shape index (κ1) is 21.5. The number of hydrogen-bond donors (Lipinski definition) is 2. The predicted octanol–water partition coefficient (Wildman–Crippen LogP) is 3.99. The van der Waals surface area contributed by atoms with Gasteiger partial charge in [0.25, 0.3) is 0 Å². The molecule has 0 saturated carbocycles. The van der Waals surface area contributed by atoms with E-state index in [1.807, 2.05) is 6.92 Å². The van der Waals surface area contributed by atoms with Crippen LogP contribution in [0.4, 0.5) is 0 Å². The first-order valence-corrected chi connectivity index (χ1v) is 9.84. The van der Waals surface area contributed by atoms with E-state index >= 15 is 0 Å². The normalized spacial score (nSPS) is 20.1. The summed E-state index contributed by atoms with van der Waals surface area (Å²) in [7, 11) is 0. The number of carbonyl (C=O) groups is 1. The van der Waals surface area contributed by atoms with Crippen molar-refractivity contribution in [3.8, 4) is 0 Å². The van der Waals surface area contributed by atoms with Gasteiger partial charge in [0, 0.05) is 18.5 Å². The molecule has 0 radical (unpaired) electrons. The van der Waals surface area contributed by atoms with E-state index in [0.29, 0.717) is 18.5 Å². The molecule has 0 fully saturated rings. The first-order valence-electron chi connectivity index (χ1n) is 9.84. The fourth-order valence-electron chi connectivity index (χ4n) is 3.88. The molecule has 0 aliphatic heterocycles. The molecule has 146 valence electrons. The average molecular weight is 387 g/mol. The number of carbonyl (C=O) groups excluding carboxylic acids is 1. The van der Waals surface area contributed by atoms with Crippen molar-refractivity contribution in [2.75, 3.05) is 0 Å². The van der Waals surface area contributed by atoms with Crippen LogP contribution >= 0.6 is 12.4 Å². The van der Waals surface area contributed by atoms with Crippen LogP contribution in [-0.2, 0) is 30.5 Å². The third kappa shape index (κ3) is 6.08. The van der Waals surface area contributed by atoms with Crippen molar-refractivity contribution in [1.82, 2.24) is 5.32 Å². The number of benzene rings is 2. The van der Waals surface area contributed by atoms with E-state index < -0.39 is 0 Å². The van der Waals surface area contributed by atoms with Gasteiger partial charge in [0.15, 0.2) is 0 Å². The monoisotopic (exact) mass is 386 g/mol. The summed E-state index contributed by atoms with van der Waals surface area (Å²) in [5, 5.41) is 3.07. The lowest BCUT2D eigenvalue weighted by Crippen LogP contribution is -2.38. The average Bonchev–Trinajstić information content (AvgIpc) is 2.68. The van der Waals surface area contributed by atoms with Gasteiger partial charge < -0.3 is 11.1 Å². The summed E-state index contributed by atoms with van der Waals surface area (Å²) >= 11 is 0. The number of hydrogen-bond acceptors (Lipinski definition) is 2. The van der Waals surface area contributed by atoms with Crippen LogP contribution in [0.15, 0.2) is 48.5 Å². The largest absolute Gasteiger partial charge is 0.353 e. The minimum Gasteiger partial charge on any atom is -0.353 e. The second-order valence-corrected chi connectivity index (χ2v) is 7.40. The minimum atomic E-state index is 0. The van der Waals surface area contributed by atoms with Crippen LogP contribution in [0.3, 0.4) is 0 Å². The Morgan fingerprint density at radius 3 is 2.04 bits per heavy atom. The van der Waals surface area contributed by atoms with E-state index in [1.54, 1.807) is 0 Å². The molecule has 2 aromatic carbocycles. The lowest BCUT2D eigenvalue weighted by atomic mass is 9.88. The molecule has 4 heteroatoms. The Bertz CT molecular complexity index is 747. The summed E-state index contributed by atoms with van der Waals surface area (Å²) in [6.45, 7) is 1.89. The molecular weight excluding hydrogens is 356 g/mol. The van der Waals surface area contributed by atoms with E-state index in [-0.39, 0.29) is 18.3 Å². The van der Waals surface area contributed by atoms with Crippen molar-refractivity contribution in [3.63, 3.8) is 0 Å². The molecule has 2 aliphatic carbocycles. The molecule has 1 amide bonds. The molecule has 0 saturated heterocycles. The maximum atomic E-state index is 11.3. The fraction of sp³-hybridized carbons (Fsp3) is 0.435. The number of nitrogens with one attached hydrogen (secondary N) is 1. The minimum absolute atomic E-state index is 0. The van der Waals surface area contributed by atoms with Gasteiger partial charge in [-0.2, -0.15) is 0 Å².